The van der Waals surface area contributed by atoms with E-state index in [4.69, 9.17) is 10.5 Å². The summed E-state index contributed by atoms with van der Waals surface area (Å²) in [6, 6.07) is 8.79. The Balaban J connectivity index is 2.47. The first kappa shape index (κ1) is 13.2. The first-order valence-corrected chi connectivity index (χ1v) is 5.93. The zero-order chi connectivity index (χ0) is 12.0. The lowest BCUT2D eigenvalue weighted by atomic mass is 9.93. The first-order chi connectivity index (χ1) is 7.63. The summed E-state index contributed by atoms with van der Waals surface area (Å²) in [6.07, 6.45) is 1.98. The van der Waals surface area contributed by atoms with Crippen molar-refractivity contribution in [1.29, 1.82) is 0 Å². The molecule has 0 amide bonds. The van der Waals surface area contributed by atoms with E-state index in [1.807, 2.05) is 0 Å². The lowest BCUT2D eigenvalue weighted by molar-refractivity contribution is 0.174. The molecule has 2 unspecified atom stereocenters. The minimum Gasteiger partial charge on any atom is -0.385 e. The second-order valence-electron chi connectivity index (χ2n) is 4.62. The molecule has 1 aromatic carbocycles. The fourth-order valence-electron chi connectivity index (χ4n) is 1.83. The normalized spacial score (nSPS) is 14.8. The number of benzene rings is 1. The van der Waals surface area contributed by atoms with E-state index in [0.29, 0.717) is 5.92 Å². The monoisotopic (exact) mass is 221 g/mol. The van der Waals surface area contributed by atoms with Crippen molar-refractivity contribution in [2.75, 3.05) is 13.7 Å². The van der Waals surface area contributed by atoms with Crippen LogP contribution in [0.3, 0.4) is 0 Å². The number of methoxy groups -OCH3 is 1. The Morgan fingerprint density at radius 1 is 1.38 bits per heavy atom. The molecule has 0 aliphatic heterocycles. The molecule has 0 heterocycles. The van der Waals surface area contributed by atoms with Gasteiger partial charge in [-0.1, -0.05) is 36.8 Å². The van der Waals surface area contributed by atoms with Crippen molar-refractivity contribution in [1.82, 2.24) is 0 Å². The highest BCUT2D eigenvalue weighted by Gasteiger charge is 2.12. The van der Waals surface area contributed by atoms with Gasteiger partial charge in [0.15, 0.2) is 0 Å². The van der Waals surface area contributed by atoms with Crippen LogP contribution in [0.5, 0.6) is 0 Å². The van der Waals surface area contributed by atoms with Crippen LogP contribution in [0.4, 0.5) is 0 Å². The molecule has 0 radical (unpaired) electrons. The highest BCUT2D eigenvalue weighted by Crippen LogP contribution is 2.13. The Kier molecular flexibility index (Phi) is 5.50. The third kappa shape index (κ3) is 4.33. The molecular weight excluding hydrogens is 198 g/mol. The van der Waals surface area contributed by atoms with Gasteiger partial charge < -0.3 is 10.5 Å². The van der Waals surface area contributed by atoms with Crippen molar-refractivity contribution in [2.24, 2.45) is 11.7 Å². The molecule has 2 N–H and O–H groups in total. The minimum absolute atomic E-state index is 0.219. The van der Waals surface area contributed by atoms with Crippen LogP contribution in [0.1, 0.15) is 24.5 Å². The van der Waals surface area contributed by atoms with Gasteiger partial charge in [0.25, 0.3) is 0 Å². The van der Waals surface area contributed by atoms with E-state index in [1.165, 1.54) is 11.1 Å². The van der Waals surface area contributed by atoms with Crippen LogP contribution >= 0.6 is 0 Å². The predicted molar refractivity (Wildman–Crippen MR) is 68.5 cm³/mol. The maximum Gasteiger partial charge on any atom is 0.0465 e. The van der Waals surface area contributed by atoms with Crippen LogP contribution in [0.15, 0.2) is 24.3 Å². The van der Waals surface area contributed by atoms with E-state index in [1.54, 1.807) is 7.11 Å². The fraction of sp³-hybridized carbons (Fsp3) is 0.571. The van der Waals surface area contributed by atoms with Crippen molar-refractivity contribution < 1.29 is 4.74 Å². The van der Waals surface area contributed by atoms with Gasteiger partial charge in [0.05, 0.1) is 0 Å². The van der Waals surface area contributed by atoms with Gasteiger partial charge in [-0.3, -0.25) is 0 Å². The van der Waals surface area contributed by atoms with Crippen LogP contribution in [-0.4, -0.2) is 19.8 Å². The van der Waals surface area contributed by atoms with Gasteiger partial charge in [-0.25, -0.2) is 0 Å². The molecular formula is C14H23NO. The first-order valence-electron chi connectivity index (χ1n) is 5.93. The van der Waals surface area contributed by atoms with Crippen molar-refractivity contribution >= 4 is 0 Å². The van der Waals surface area contributed by atoms with Crippen LogP contribution in [0, 0.1) is 12.8 Å². The molecule has 0 aromatic heterocycles. The molecule has 0 aliphatic rings. The van der Waals surface area contributed by atoms with E-state index < -0.39 is 0 Å². The third-order valence-corrected chi connectivity index (χ3v) is 3.06. The number of aryl methyl sites for hydroxylation is 1. The number of ether oxygens (including phenoxy) is 1. The highest BCUT2D eigenvalue weighted by atomic mass is 16.5. The van der Waals surface area contributed by atoms with Gasteiger partial charge >= 0.3 is 0 Å². The highest BCUT2D eigenvalue weighted by molar-refractivity contribution is 5.23. The standard InChI is InChI=1S/C14H23NO/c1-11-5-4-6-13(9-11)10-14(15)12(2)7-8-16-3/h4-6,9,12,14H,7-8,10,15H2,1-3H3. The summed E-state index contributed by atoms with van der Waals surface area (Å²) in [7, 11) is 1.73. The Bertz CT molecular complexity index is 311. The minimum atomic E-state index is 0.219. The van der Waals surface area contributed by atoms with Gasteiger partial charge in [-0.15, -0.1) is 0 Å². The molecule has 90 valence electrons. The topological polar surface area (TPSA) is 35.2 Å². The zero-order valence-electron chi connectivity index (χ0n) is 10.6. The Morgan fingerprint density at radius 2 is 2.12 bits per heavy atom. The van der Waals surface area contributed by atoms with Crippen LogP contribution in [0.25, 0.3) is 0 Å². The van der Waals surface area contributed by atoms with Crippen molar-refractivity contribution in [3.05, 3.63) is 35.4 Å². The summed E-state index contributed by atoms with van der Waals surface area (Å²) in [5, 5.41) is 0. The summed E-state index contributed by atoms with van der Waals surface area (Å²) >= 11 is 0. The molecule has 0 bridgehead atoms. The molecule has 0 aliphatic carbocycles. The largest absolute Gasteiger partial charge is 0.385 e. The zero-order valence-corrected chi connectivity index (χ0v) is 10.6. The van der Waals surface area contributed by atoms with E-state index >= 15 is 0 Å². The molecule has 1 rings (SSSR count). The van der Waals surface area contributed by atoms with Gasteiger partial charge in [-0.05, 0) is 31.2 Å². The summed E-state index contributed by atoms with van der Waals surface area (Å²) in [5.74, 6) is 0.500. The lowest BCUT2D eigenvalue weighted by Gasteiger charge is -2.19. The van der Waals surface area contributed by atoms with Gasteiger partial charge in [-0.2, -0.15) is 0 Å². The molecule has 0 fully saturated rings. The predicted octanol–water partition coefficient (Wildman–Crippen LogP) is 2.54. The second-order valence-corrected chi connectivity index (χ2v) is 4.62. The molecule has 2 heteroatoms. The summed E-state index contributed by atoms with van der Waals surface area (Å²) in [5.41, 5.74) is 8.82. The van der Waals surface area contributed by atoms with Crippen LogP contribution in [-0.2, 0) is 11.2 Å². The summed E-state index contributed by atoms with van der Waals surface area (Å²) in [4.78, 5) is 0. The van der Waals surface area contributed by atoms with E-state index in [-0.39, 0.29) is 6.04 Å². The van der Waals surface area contributed by atoms with E-state index in [0.717, 1.165) is 19.4 Å². The average molecular weight is 221 g/mol. The Hall–Kier alpha value is -0.860. The smallest absolute Gasteiger partial charge is 0.0465 e. The van der Waals surface area contributed by atoms with Gasteiger partial charge in [0.1, 0.15) is 0 Å². The second kappa shape index (κ2) is 6.66. The molecule has 16 heavy (non-hydrogen) atoms. The fourth-order valence-corrected chi connectivity index (χ4v) is 1.83. The molecule has 0 saturated carbocycles. The Morgan fingerprint density at radius 3 is 2.75 bits per heavy atom. The van der Waals surface area contributed by atoms with Crippen LogP contribution < -0.4 is 5.73 Å². The maximum atomic E-state index is 6.18. The SMILES string of the molecule is COCCC(C)C(N)Cc1cccc(C)c1. The Labute approximate surface area is 98.8 Å². The third-order valence-electron chi connectivity index (χ3n) is 3.06. The van der Waals surface area contributed by atoms with Gasteiger partial charge in [0, 0.05) is 19.8 Å². The van der Waals surface area contributed by atoms with Crippen molar-refractivity contribution in [2.45, 2.75) is 32.7 Å². The average Bonchev–Trinajstić information content (AvgIpc) is 2.25. The quantitative estimate of drug-likeness (QED) is 0.801. The van der Waals surface area contributed by atoms with Crippen molar-refractivity contribution in [3.8, 4) is 0 Å². The number of hydrogen-bond donors (Lipinski definition) is 1. The molecule has 2 nitrogen and oxygen atoms in total. The summed E-state index contributed by atoms with van der Waals surface area (Å²) in [6.45, 7) is 5.10. The molecule has 1 aromatic rings. The molecule has 0 spiro atoms. The molecule has 2 atom stereocenters. The van der Waals surface area contributed by atoms with Crippen molar-refractivity contribution in [3.63, 3.8) is 0 Å². The lowest BCUT2D eigenvalue weighted by Crippen LogP contribution is -2.31. The summed E-state index contributed by atoms with van der Waals surface area (Å²) < 4.78 is 5.08. The maximum absolute atomic E-state index is 6.18. The number of nitrogens with two attached hydrogens (primary N) is 1. The number of hydrogen-bond acceptors (Lipinski definition) is 2. The van der Waals surface area contributed by atoms with E-state index in [9.17, 15) is 0 Å². The van der Waals surface area contributed by atoms with Gasteiger partial charge in [0.2, 0.25) is 0 Å². The van der Waals surface area contributed by atoms with E-state index in [2.05, 4.69) is 38.1 Å². The molecule has 0 saturated heterocycles. The number of rotatable bonds is 6. The van der Waals surface area contributed by atoms with Crippen LogP contribution in [0.2, 0.25) is 0 Å².